The van der Waals surface area contributed by atoms with Crippen LogP contribution in [0.4, 0.5) is 5.69 Å². The van der Waals surface area contributed by atoms with Crippen molar-refractivity contribution >= 4 is 21.6 Å². The summed E-state index contributed by atoms with van der Waals surface area (Å²) < 4.78 is 27.2. The number of rotatable bonds is 5. The molecule has 1 heterocycles. The van der Waals surface area contributed by atoms with Gasteiger partial charge in [0.2, 0.25) is 15.9 Å². The van der Waals surface area contributed by atoms with Gasteiger partial charge < -0.3 is 4.90 Å². The number of hydrogen-bond acceptors (Lipinski definition) is 3. The van der Waals surface area contributed by atoms with Gasteiger partial charge in [-0.3, -0.25) is 4.79 Å². The Bertz CT molecular complexity index is 910. The molecule has 0 radical (unpaired) electrons. The molecule has 1 unspecified atom stereocenters. The van der Waals surface area contributed by atoms with E-state index in [2.05, 4.69) is 0 Å². The molecule has 0 saturated heterocycles. The summed E-state index contributed by atoms with van der Waals surface area (Å²) in [4.78, 5) is 14.2. The molecule has 0 aromatic heterocycles. The summed E-state index contributed by atoms with van der Waals surface area (Å²) in [5, 5.41) is 0. The van der Waals surface area contributed by atoms with Gasteiger partial charge in [-0.15, -0.1) is 0 Å². The van der Waals surface area contributed by atoms with E-state index in [0.717, 1.165) is 16.8 Å². The van der Waals surface area contributed by atoms with Gasteiger partial charge in [-0.05, 0) is 42.7 Å². The van der Waals surface area contributed by atoms with E-state index in [0.29, 0.717) is 19.4 Å². The van der Waals surface area contributed by atoms with E-state index in [1.807, 2.05) is 44.2 Å². The molecule has 3 rings (SSSR count). The van der Waals surface area contributed by atoms with E-state index in [1.54, 1.807) is 30.1 Å². The van der Waals surface area contributed by atoms with Gasteiger partial charge >= 0.3 is 0 Å². The highest BCUT2D eigenvalue weighted by molar-refractivity contribution is 7.89. The molecule has 138 valence electrons. The summed E-state index contributed by atoms with van der Waals surface area (Å²) in [5.74, 6) is 0.0630. The summed E-state index contributed by atoms with van der Waals surface area (Å²) >= 11 is 0. The van der Waals surface area contributed by atoms with Crippen LogP contribution in [0.3, 0.4) is 0 Å². The zero-order chi connectivity index (χ0) is 18.9. The smallest absolute Gasteiger partial charge is 0.243 e. The summed E-state index contributed by atoms with van der Waals surface area (Å²) in [6.45, 7) is 4.14. The van der Waals surface area contributed by atoms with Crippen LogP contribution in [0.15, 0.2) is 53.4 Å². The number of sulfonamides is 1. The third-order valence-corrected chi connectivity index (χ3v) is 6.59. The van der Waals surface area contributed by atoms with Crippen molar-refractivity contribution in [3.63, 3.8) is 0 Å². The number of nitrogens with zero attached hydrogens (tertiary/aromatic N) is 2. The lowest BCUT2D eigenvalue weighted by molar-refractivity contribution is -0.118. The van der Waals surface area contributed by atoms with Crippen LogP contribution in [0, 0.1) is 0 Å². The Labute approximate surface area is 155 Å². The van der Waals surface area contributed by atoms with Crippen molar-refractivity contribution < 1.29 is 13.2 Å². The van der Waals surface area contributed by atoms with Crippen molar-refractivity contribution in [2.75, 3.05) is 11.9 Å². The molecular formula is C20H24N2O3S. The highest BCUT2D eigenvalue weighted by Gasteiger charge is 2.31. The molecular weight excluding hydrogens is 348 g/mol. The molecule has 2 aromatic carbocycles. The first-order chi connectivity index (χ1) is 12.3. The van der Waals surface area contributed by atoms with Gasteiger partial charge in [-0.1, -0.05) is 37.3 Å². The summed E-state index contributed by atoms with van der Waals surface area (Å²) in [6.07, 6.45) is 1.11. The topological polar surface area (TPSA) is 57.7 Å². The highest BCUT2D eigenvalue weighted by atomic mass is 32.2. The quantitative estimate of drug-likeness (QED) is 0.810. The number of benzene rings is 2. The third-order valence-electron chi connectivity index (χ3n) is 4.79. The number of amides is 1. The molecule has 1 atom stereocenters. The highest BCUT2D eigenvalue weighted by Crippen LogP contribution is 2.34. The minimum Gasteiger partial charge on any atom is -0.309 e. The molecule has 2 aromatic rings. The predicted molar refractivity (Wildman–Crippen MR) is 102 cm³/mol. The van der Waals surface area contributed by atoms with Crippen LogP contribution in [-0.2, 0) is 27.8 Å². The van der Waals surface area contributed by atoms with Gasteiger partial charge in [0.05, 0.1) is 4.90 Å². The number of hydrogen-bond donors (Lipinski definition) is 0. The Balaban J connectivity index is 1.88. The van der Waals surface area contributed by atoms with E-state index in [9.17, 15) is 13.2 Å². The molecule has 0 saturated carbocycles. The van der Waals surface area contributed by atoms with E-state index < -0.39 is 10.0 Å². The number of carbonyl (C=O) groups is 1. The lowest BCUT2D eigenvalue weighted by atomic mass is 10.1. The summed E-state index contributed by atoms with van der Waals surface area (Å²) in [7, 11) is -2.00. The lowest BCUT2D eigenvalue weighted by Gasteiger charge is -2.22. The number of carbonyl (C=O) groups excluding carboxylic acids is 1. The Hall–Kier alpha value is -2.18. The summed E-state index contributed by atoms with van der Waals surface area (Å²) in [6, 6.07) is 14.6. The van der Waals surface area contributed by atoms with Crippen molar-refractivity contribution in [2.24, 2.45) is 0 Å². The first kappa shape index (κ1) is 18.6. The zero-order valence-corrected chi connectivity index (χ0v) is 16.2. The molecule has 0 fully saturated rings. The molecule has 1 amide bonds. The van der Waals surface area contributed by atoms with Gasteiger partial charge in [0.25, 0.3) is 0 Å². The molecule has 0 spiro atoms. The lowest BCUT2D eigenvalue weighted by Crippen LogP contribution is -2.35. The van der Waals surface area contributed by atoms with Gasteiger partial charge in [0.15, 0.2) is 0 Å². The first-order valence-electron chi connectivity index (χ1n) is 8.80. The van der Waals surface area contributed by atoms with E-state index >= 15 is 0 Å². The fourth-order valence-corrected chi connectivity index (χ4v) is 4.63. The van der Waals surface area contributed by atoms with Crippen LogP contribution in [0.2, 0.25) is 0 Å². The van der Waals surface area contributed by atoms with Crippen LogP contribution < -0.4 is 4.90 Å². The SMILES string of the molecule is CCC(=O)N1c2ccc(S(=O)(=O)N(C)Cc3ccccc3)cc2CC1C. The summed E-state index contributed by atoms with van der Waals surface area (Å²) in [5.41, 5.74) is 2.68. The Morgan fingerprint density at radius 2 is 1.88 bits per heavy atom. The normalized spacial score (nSPS) is 16.8. The van der Waals surface area contributed by atoms with Gasteiger partial charge in [0.1, 0.15) is 0 Å². The molecule has 1 aliphatic heterocycles. The molecule has 0 N–H and O–H groups in total. The monoisotopic (exact) mass is 372 g/mol. The van der Waals surface area contributed by atoms with Crippen molar-refractivity contribution in [2.45, 2.75) is 44.2 Å². The van der Waals surface area contributed by atoms with E-state index in [4.69, 9.17) is 0 Å². The Morgan fingerprint density at radius 3 is 2.54 bits per heavy atom. The number of fused-ring (bicyclic) bond motifs is 1. The maximum absolute atomic E-state index is 12.9. The molecule has 0 aliphatic carbocycles. The third kappa shape index (κ3) is 3.39. The molecule has 1 aliphatic rings. The van der Waals surface area contributed by atoms with Crippen LogP contribution >= 0.6 is 0 Å². The second-order valence-electron chi connectivity index (χ2n) is 6.71. The van der Waals surface area contributed by atoms with Crippen LogP contribution in [-0.4, -0.2) is 31.7 Å². The van der Waals surface area contributed by atoms with Crippen LogP contribution in [0.1, 0.15) is 31.4 Å². The van der Waals surface area contributed by atoms with Crippen molar-refractivity contribution in [3.8, 4) is 0 Å². The maximum atomic E-state index is 12.9. The van der Waals surface area contributed by atoms with E-state index in [1.165, 1.54) is 4.31 Å². The Kier molecular flexibility index (Phi) is 5.16. The molecule has 5 nitrogen and oxygen atoms in total. The maximum Gasteiger partial charge on any atom is 0.243 e. The van der Waals surface area contributed by atoms with E-state index in [-0.39, 0.29) is 16.8 Å². The van der Waals surface area contributed by atoms with Crippen molar-refractivity contribution in [1.29, 1.82) is 0 Å². The second kappa shape index (κ2) is 7.21. The fraction of sp³-hybridized carbons (Fsp3) is 0.350. The number of anilines is 1. The average Bonchev–Trinajstić information content (AvgIpc) is 2.96. The minimum absolute atomic E-state index is 0.0532. The average molecular weight is 372 g/mol. The largest absolute Gasteiger partial charge is 0.309 e. The molecule has 0 bridgehead atoms. The van der Waals surface area contributed by atoms with Gasteiger partial charge in [0, 0.05) is 31.7 Å². The first-order valence-corrected chi connectivity index (χ1v) is 10.2. The van der Waals surface area contributed by atoms with Crippen LogP contribution in [0.25, 0.3) is 0 Å². The second-order valence-corrected chi connectivity index (χ2v) is 8.75. The molecule has 6 heteroatoms. The molecule has 26 heavy (non-hydrogen) atoms. The standard InChI is InChI=1S/C20H24N2O3S/c1-4-20(23)22-15(2)12-17-13-18(10-11-19(17)22)26(24,25)21(3)14-16-8-6-5-7-9-16/h5-11,13,15H,4,12,14H2,1-3H3. The fourth-order valence-electron chi connectivity index (χ4n) is 3.42. The predicted octanol–water partition coefficient (Wildman–Crippen LogP) is 3.19. The van der Waals surface area contributed by atoms with Gasteiger partial charge in [-0.25, -0.2) is 8.42 Å². The minimum atomic E-state index is -3.59. The zero-order valence-electron chi connectivity index (χ0n) is 15.3. The van der Waals surface area contributed by atoms with Crippen LogP contribution in [0.5, 0.6) is 0 Å². The van der Waals surface area contributed by atoms with Crippen molar-refractivity contribution in [3.05, 3.63) is 59.7 Å². The van der Waals surface area contributed by atoms with Crippen molar-refractivity contribution in [1.82, 2.24) is 4.31 Å². The van der Waals surface area contributed by atoms with Gasteiger partial charge in [-0.2, -0.15) is 4.31 Å². The Morgan fingerprint density at radius 1 is 1.19 bits per heavy atom.